The van der Waals surface area contributed by atoms with E-state index in [1.165, 1.54) is 12.8 Å². The Labute approximate surface area is 418 Å². The van der Waals surface area contributed by atoms with Gasteiger partial charge in [0.2, 0.25) is 11.8 Å². The first-order valence-electron chi connectivity index (χ1n) is 26.6. The van der Waals surface area contributed by atoms with Gasteiger partial charge >= 0.3 is 6.01 Å². The smallest absolute Gasteiger partial charge is 0.319 e. The maximum Gasteiger partial charge on any atom is 0.319 e. The van der Waals surface area contributed by atoms with E-state index in [1.807, 2.05) is 30.3 Å². The lowest BCUT2D eigenvalue weighted by molar-refractivity contribution is -0.137. The van der Waals surface area contributed by atoms with Gasteiger partial charge in [-0.2, -0.15) is 9.97 Å². The van der Waals surface area contributed by atoms with Crippen molar-refractivity contribution in [1.29, 1.82) is 0 Å². The highest BCUT2D eigenvalue weighted by molar-refractivity contribution is 6.06. The monoisotopic (exact) mass is 977 g/mol. The fourth-order valence-electron chi connectivity index (χ4n) is 13.5. The molecule has 1 spiro atoms. The van der Waals surface area contributed by atoms with E-state index in [2.05, 4.69) is 38.3 Å². The number of nitrogens with zero attached hydrogens (tertiary/aromatic N) is 7. The van der Waals surface area contributed by atoms with Crippen molar-refractivity contribution in [2.24, 2.45) is 10.8 Å². The Morgan fingerprint density at radius 2 is 1.65 bits per heavy atom. The molecular formula is C56H64FN9O6. The molecule has 13 rings (SSSR count). The van der Waals surface area contributed by atoms with Crippen LogP contribution in [0.1, 0.15) is 105 Å². The number of pyridine rings is 1. The SMILES string of the molecule is CCc1cccc2cc(O)cc(-c3ncc4c(N5CC6CCC(C5)N6)nc(OCC5(CN6CCC7(CC6)CC(OC6CCN(c8ccc9c(c8)CN(C8CCC(=O)NC8=O)C9=O)CC6)C7)CC5)nc4c3F)c12. The summed E-state index contributed by atoms with van der Waals surface area (Å²) in [7, 11) is 0. The van der Waals surface area contributed by atoms with Crippen LogP contribution in [0.3, 0.4) is 0 Å². The van der Waals surface area contributed by atoms with Crippen LogP contribution in [0.4, 0.5) is 15.9 Å². The number of aromatic nitrogens is 3. The van der Waals surface area contributed by atoms with E-state index >= 15 is 4.39 Å². The second-order valence-corrected chi connectivity index (χ2v) is 22.6. The van der Waals surface area contributed by atoms with E-state index in [4.69, 9.17) is 24.4 Å². The third-order valence-electron chi connectivity index (χ3n) is 17.8. The zero-order chi connectivity index (χ0) is 48.9. The van der Waals surface area contributed by atoms with Crippen LogP contribution in [-0.2, 0) is 27.3 Å². The number of nitrogens with one attached hydrogen (secondary N) is 2. The predicted octanol–water partition coefficient (Wildman–Crippen LogP) is 7.04. The standard InChI is InChI=1S/C56H64FN9O6/c1-2-33-4-3-5-34-23-39(67)24-43(47(33)34)49-48(57)50-44(27-58-49)51(65-29-36-6-7-37(30-65)59-36)62-54(61-50)71-32-56(14-15-56)31-63-20-16-55(17-21-63)25-41(26-55)72-40-12-18-64(19-13-40)38-8-9-42-35(22-38)28-66(53(42)70)45-10-11-46(68)60-52(45)69/h3-5,8-9,22-24,27,36-37,40-41,45,59,67H,2,6-7,10-21,25-26,28-32H2,1H3,(H,60,68,69). The van der Waals surface area contributed by atoms with Crippen LogP contribution >= 0.6 is 0 Å². The summed E-state index contributed by atoms with van der Waals surface area (Å²) in [6.07, 6.45) is 14.5. The second-order valence-electron chi connectivity index (χ2n) is 22.6. The number of hydrogen-bond acceptors (Lipinski definition) is 13. The Hall–Kier alpha value is -5.97. The highest BCUT2D eigenvalue weighted by Crippen LogP contribution is 2.53. The maximum atomic E-state index is 17.2. The van der Waals surface area contributed by atoms with Crippen LogP contribution in [0.15, 0.2) is 54.7 Å². The van der Waals surface area contributed by atoms with Gasteiger partial charge < -0.3 is 39.5 Å². The fourth-order valence-corrected chi connectivity index (χ4v) is 13.5. The number of imide groups is 1. The normalized spacial score (nSPS) is 25.1. The number of ether oxygens (including phenoxy) is 2. The lowest BCUT2D eigenvalue weighted by atomic mass is 9.61. The van der Waals surface area contributed by atoms with Gasteiger partial charge in [-0.3, -0.25) is 24.7 Å². The summed E-state index contributed by atoms with van der Waals surface area (Å²) in [6.45, 7) is 9.37. The van der Waals surface area contributed by atoms with Crippen LogP contribution in [0, 0.1) is 16.6 Å². The van der Waals surface area contributed by atoms with Crippen LogP contribution in [0.2, 0.25) is 0 Å². The number of aryl methyl sites for hydroxylation is 1. The van der Waals surface area contributed by atoms with Crippen LogP contribution < -0.4 is 25.2 Å². The quantitative estimate of drug-likeness (QED) is 0.109. The number of phenolic OH excluding ortho intramolecular Hbond substituents is 1. The highest BCUT2D eigenvalue weighted by atomic mass is 19.1. The Balaban J connectivity index is 0.622. The zero-order valence-corrected chi connectivity index (χ0v) is 41.1. The third kappa shape index (κ3) is 8.40. The molecule has 3 amide bonds. The molecule has 0 radical (unpaired) electrons. The largest absolute Gasteiger partial charge is 0.508 e. The predicted molar refractivity (Wildman–Crippen MR) is 271 cm³/mol. The molecule has 2 saturated carbocycles. The van der Waals surface area contributed by atoms with Crippen molar-refractivity contribution in [2.75, 3.05) is 62.2 Å². The van der Waals surface area contributed by atoms with Gasteiger partial charge in [-0.05, 0) is 148 Å². The molecule has 5 aromatic rings. The summed E-state index contributed by atoms with van der Waals surface area (Å²) in [5, 5.41) is 19.2. The number of benzene rings is 3. The number of carbonyl (C=O) groups is 3. The van der Waals surface area contributed by atoms with Gasteiger partial charge in [0.1, 0.15) is 28.8 Å². The number of likely N-dealkylation sites (tertiary alicyclic amines) is 1. The number of piperazine rings is 1. The topological polar surface area (TPSA) is 166 Å². The van der Waals surface area contributed by atoms with E-state index < -0.39 is 11.9 Å². The van der Waals surface area contributed by atoms with Gasteiger partial charge in [-0.1, -0.05) is 25.1 Å². The lowest BCUT2D eigenvalue weighted by Gasteiger charge is -2.53. The van der Waals surface area contributed by atoms with E-state index in [0.29, 0.717) is 65.5 Å². The Bertz CT molecular complexity index is 2980. The molecule has 2 bridgehead atoms. The van der Waals surface area contributed by atoms with Crippen molar-refractivity contribution in [2.45, 2.75) is 127 Å². The van der Waals surface area contributed by atoms with Crippen LogP contribution in [-0.4, -0.2) is 130 Å². The molecular weight excluding hydrogens is 914 g/mol. The number of aromatic hydroxyl groups is 1. The van der Waals surface area contributed by atoms with Gasteiger partial charge in [0.05, 0.1) is 24.2 Å². The second kappa shape index (κ2) is 17.9. The average Bonchev–Trinajstić information content (AvgIpc) is 3.95. The van der Waals surface area contributed by atoms with Crippen molar-refractivity contribution >= 4 is 50.9 Å². The molecule has 72 heavy (non-hydrogen) atoms. The van der Waals surface area contributed by atoms with Gasteiger partial charge in [0.25, 0.3) is 5.91 Å². The van der Waals surface area contributed by atoms with Crippen molar-refractivity contribution in [1.82, 2.24) is 35.4 Å². The number of halogens is 1. The maximum absolute atomic E-state index is 17.2. The Morgan fingerprint density at radius 1 is 0.861 bits per heavy atom. The number of rotatable bonds is 12. The van der Waals surface area contributed by atoms with Crippen molar-refractivity contribution in [3.63, 3.8) is 0 Å². The van der Waals surface area contributed by atoms with Gasteiger partial charge in [-0.15, -0.1) is 0 Å². The summed E-state index contributed by atoms with van der Waals surface area (Å²) < 4.78 is 30.5. The number of amides is 3. The molecule has 6 aliphatic heterocycles. The molecule has 15 nitrogen and oxygen atoms in total. The number of carbonyl (C=O) groups excluding carboxylic acids is 3. The van der Waals surface area contributed by atoms with Crippen molar-refractivity contribution in [3.05, 3.63) is 77.2 Å². The summed E-state index contributed by atoms with van der Waals surface area (Å²) in [5.41, 5.74) is 5.00. The summed E-state index contributed by atoms with van der Waals surface area (Å²) in [4.78, 5) is 60.9. The van der Waals surface area contributed by atoms with Gasteiger partial charge in [-0.25, -0.2) is 4.39 Å². The Morgan fingerprint density at radius 3 is 2.40 bits per heavy atom. The molecule has 3 atom stereocenters. The molecule has 3 aromatic carbocycles. The molecule has 7 fully saturated rings. The van der Waals surface area contributed by atoms with Crippen LogP contribution in [0.5, 0.6) is 11.8 Å². The molecule has 8 heterocycles. The summed E-state index contributed by atoms with van der Waals surface area (Å²) in [5.74, 6) is -0.618. The van der Waals surface area contributed by atoms with E-state index in [1.54, 1.807) is 23.2 Å². The number of hydrogen-bond donors (Lipinski definition) is 3. The lowest BCUT2D eigenvalue weighted by Crippen LogP contribution is -2.52. The first-order chi connectivity index (χ1) is 35.0. The summed E-state index contributed by atoms with van der Waals surface area (Å²) >= 11 is 0. The average molecular weight is 978 g/mol. The Kier molecular flexibility index (Phi) is 11.4. The highest BCUT2D eigenvalue weighted by Gasteiger charge is 2.50. The summed E-state index contributed by atoms with van der Waals surface area (Å²) in [6, 6.07) is 15.6. The van der Waals surface area contributed by atoms with Crippen molar-refractivity contribution in [3.8, 4) is 23.0 Å². The molecule has 376 valence electrons. The molecule has 8 aliphatic rings. The molecule has 3 unspecified atom stereocenters. The number of piperidine rings is 3. The van der Waals surface area contributed by atoms with E-state index in [9.17, 15) is 19.5 Å². The zero-order valence-electron chi connectivity index (χ0n) is 41.1. The molecule has 16 heteroatoms. The van der Waals surface area contributed by atoms with E-state index in [-0.39, 0.29) is 58.6 Å². The minimum absolute atomic E-state index is 0.0175. The number of anilines is 2. The van der Waals surface area contributed by atoms with Gasteiger partial charge in [0.15, 0.2) is 5.82 Å². The fraction of sp³-hybridized carbons (Fsp3) is 0.536. The first-order valence-corrected chi connectivity index (χ1v) is 26.6. The first kappa shape index (κ1) is 45.9. The molecule has 3 N–H and O–H groups in total. The molecule has 2 aromatic heterocycles. The van der Waals surface area contributed by atoms with Crippen LogP contribution in [0.25, 0.3) is 32.9 Å². The molecule has 2 aliphatic carbocycles. The number of phenols is 1. The molecule has 5 saturated heterocycles. The minimum atomic E-state index is -0.608. The third-order valence-corrected chi connectivity index (χ3v) is 17.8. The van der Waals surface area contributed by atoms with Gasteiger partial charge in [0, 0.05) is 86.2 Å². The number of fused-ring (bicyclic) bond motifs is 5. The van der Waals surface area contributed by atoms with Crippen molar-refractivity contribution < 1.29 is 33.4 Å². The van der Waals surface area contributed by atoms with E-state index in [0.717, 1.165) is 131 Å². The minimum Gasteiger partial charge on any atom is -0.508 e.